The summed E-state index contributed by atoms with van der Waals surface area (Å²) in [6.45, 7) is 6.83. The lowest BCUT2D eigenvalue weighted by Crippen LogP contribution is -2.37. The van der Waals surface area contributed by atoms with Gasteiger partial charge in [-0.3, -0.25) is 4.98 Å². The van der Waals surface area contributed by atoms with E-state index < -0.39 is 0 Å². The maximum absolute atomic E-state index is 4.45. The van der Waals surface area contributed by atoms with E-state index in [1.165, 1.54) is 18.5 Å². The van der Waals surface area contributed by atoms with Crippen LogP contribution in [0.3, 0.4) is 0 Å². The molecule has 1 N–H and O–H groups in total. The van der Waals surface area contributed by atoms with Gasteiger partial charge in [0, 0.05) is 23.9 Å². The van der Waals surface area contributed by atoms with Crippen LogP contribution in [0.25, 0.3) is 0 Å². The molecular formula is C14H24N2. The molecule has 1 aromatic rings. The van der Waals surface area contributed by atoms with Gasteiger partial charge in [-0.25, -0.2) is 0 Å². The molecule has 1 aromatic heterocycles. The molecule has 0 aromatic carbocycles. The fourth-order valence-corrected chi connectivity index (χ4v) is 2.49. The van der Waals surface area contributed by atoms with Crippen LogP contribution in [0, 0.1) is 5.92 Å². The summed E-state index contributed by atoms with van der Waals surface area (Å²) in [5, 5.41) is 3.44. The lowest BCUT2D eigenvalue weighted by molar-refractivity contribution is 0.331. The number of rotatable bonds is 6. The molecule has 3 unspecified atom stereocenters. The first-order valence-electron chi connectivity index (χ1n) is 6.28. The van der Waals surface area contributed by atoms with Crippen LogP contribution in [-0.2, 0) is 0 Å². The maximum Gasteiger partial charge on any atom is 0.0447 e. The molecule has 0 bridgehead atoms. The Balaban J connectivity index is 2.73. The van der Waals surface area contributed by atoms with Crippen LogP contribution in [0.2, 0.25) is 0 Å². The molecule has 0 aliphatic carbocycles. The molecule has 0 aliphatic rings. The van der Waals surface area contributed by atoms with Crippen molar-refractivity contribution >= 4 is 0 Å². The molecule has 0 amide bonds. The van der Waals surface area contributed by atoms with Crippen LogP contribution >= 0.6 is 0 Å². The van der Waals surface area contributed by atoms with Gasteiger partial charge < -0.3 is 5.32 Å². The highest BCUT2D eigenvalue weighted by atomic mass is 14.9. The van der Waals surface area contributed by atoms with Crippen molar-refractivity contribution in [1.29, 1.82) is 0 Å². The summed E-state index contributed by atoms with van der Waals surface area (Å²) in [6, 6.07) is 6.67. The predicted octanol–water partition coefficient (Wildman–Crippen LogP) is 3.21. The molecule has 0 aliphatic heterocycles. The molecule has 0 radical (unpaired) electrons. The smallest absolute Gasteiger partial charge is 0.0447 e. The molecule has 2 nitrogen and oxygen atoms in total. The predicted molar refractivity (Wildman–Crippen MR) is 69.6 cm³/mol. The largest absolute Gasteiger partial charge is 0.316 e. The Bertz CT molecular complexity index is 284. The fourth-order valence-electron chi connectivity index (χ4n) is 2.49. The van der Waals surface area contributed by atoms with Crippen molar-refractivity contribution in [2.75, 3.05) is 7.05 Å². The second-order valence-electron chi connectivity index (χ2n) is 4.62. The van der Waals surface area contributed by atoms with Gasteiger partial charge in [0.25, 0.3) is 0 Å². The van der Waals surface area contributed by atoms with Crippen molar-refractivity contribution in [3.8, 4) is 0 Å². The topological polar surface area (TPSA) is 24.9 Å². The number of pyridine rings is 1. The molecular weight excluding hydrogens is 196 g/mol. The second-order valence-corrected chi connectivity index (χ2v) is 4.62. The average molecular weight is 220 g/mol. The van der Waals surface area contributed by atoms with Gasteiger partial charge in [-0.15, -0.1) is 0 Å². The average Bonchev–Trinajstić information content (AvgIpc) is 2.31. The third-order valence-corrected chi connectivity index (χ3v) is 3.38. The van der Waals surface area contributed by atoms with Crippen LogP contribution < -0.4 is 5.32 Å². The van der Waals surface area contributed by atoms with Gasteiger partial charge in [-0.2, -0.15) is 0 Å². The summed E-state index contributed by atoms with van der Waals surface area (Å²) < 4.78 is 0. The Morgan fingerprint density at radius 1 is 1.31 bits per heavy atom. The van der Waals surface area contributed by atoms with Gasteiger partial charge in [0.15, 0.2) is 0 Å². The van der Waals surface area contributed by atoms with Crippen molar-refractivity contribution in [3.63, 3.8) is 0 Å². The lowest BCUT2D eigenvalue weighted by Gasteiger charge is -2.29. The van der Waals surface area contributed by atoms with E-state index in [1.807, 2.05) is 12.3 Å². The monoisotopic (exact) mass is 220 g/mol. The van der Waals surface area contributed by atoms with E-state index in [4.69, 9.17) is 0 Å². The molecule has 0 saturated heterocycles. The number of aromatic nitrogens is 1. The van der Waals surface area contributed by atoms with E-state index >= 15 is 0 Å². The molecule has 0 saturated carbocycles. The zero-order valence-electron chi connectivity index (χ0n) is 10.9. The SMILES string of the molecule is CCCC(C)C(NC)C(C)c1ccccn1. The van der Waals surface area contributed by atoms with E-state index in [1.54, 1.807) is 0 Å². The number of hydrogen-bond donors (Lipinski definition) is 1. The van der Waals surface area contributed by atoms with Crippen molar-refractivity contribution in [3.05, 3.63) is 30.1 Å². The molecule has 0 fully saturated rings. The first-order valence-corrected chi connectivity index (χ1v) is 6.28. The number of likely N-dealkylation sites (N-methyl/N-ethyl adjacent to an activating group) is 1. The number of nitrogens with zero attached hydrogens (tertiary/aromatic N) is 1. The zero-order valence-corrected chi connectivity index (χ0v) is 10.9. The third-order valence-electron chi connectivity index (χ3n) is 3.38. The summed E-state index contributed by atoms with van der Waals surface area (Å²) in [5.41, 5.74) is 1.19. The first-order chi connectivity index (χ1) is 7.70. The van der Waals surface area contributed by atoms with Gasteiger partial charge in [0.2, 0.25) is 0 Å². The minimum absolute atomic E-state index is 0.466. The highest BCUT2D eigenvalue weighted by Gasteiger charge is 2.23. The minimum Gasteiger partial charge on any atom is -0.316 e. The Morgan fingerprint density at radius 3 is 2.56 bits per heavy atom. The third kappa shape index (κ3) is 3.31. The van der Waals surface area contributed by atoms with E-state index in [0.717, 1.165) is 0 Å². The first kappa shape index (κ1) is 13.2. The summed E-state index contributed by atoms with van der Waals surface area (Å²) in [7, 11) is 2.05. The highest BCUT2D eigenvalue weighted by Crippen LogP contribution is 2.24. The van der Waals surface area contributed by atoms with Gasteiger partial charge in [0.05, 0.1) is 0 Å². The summed E-state index contributed by atoms with van der Waals surface area (Å²) >= 11 is 0. The van der Waals surface area contributed by atoms with Gasteiger partial charge >= 0.3 is 0 Å². The highest BCUT2D eigenvalue weighted by molar-refractivity contribution is 5.11. The molecule has 2 heteroatoms. The summed E-state index contributed by atoms with van der Waals surface area (Å²) in [5.74, 6) is 1.15. The Kier molecular flexibility index (Phi) is 5.47. The Labute approximate surface area is 99.5 Å². The molecule has 1 heterocycles. The van der Waals surface area contributed by atoms with E-state index in [0.29, 0.717) is 17.9 Å². The minimum atomic E-state index is 0.466. The van der Waals surface area contributed by atoms with E-state index in [2.05, 4.69) is 50.3 Å². The van der Waals surface area contributed by atoms with Crippen LogP contribution in [0.5, 0.6) is 0 Å². The van der Waals surface area contributed by atoms with Crippen LogP contribution in [0.4, 0.5) is 0 Å². The zero-order chi connectivity index (χ0) is 12.0. The second kappa shape index (κ2) is 6.64. The van der Waals surface area contributed by atoms with Gasteiger partial charge in [-0.05, 0) is 31.5 Å². The number of hydrogen-bond acceptors (Lipinski definition) is 2. The van der Waals surface area contributed by atoms with Crippen molar-refractivity contribution in [2.24, 2.45) is 5.92 Å². The molecule has 3 atom stereocenters. The normalized spacial score (nSPS) is 16.8. The van der Waals surface area contributed by atoms with Crippen LogP contribution in [-0.4, -0.2) is 18.1 Å². The standard InChI is InChI=1S/C14H24N2/c1-5-8-11(2)14(15-4)12(3)13-9-6-7-10-16-13/h6-7,9-12,14-15H,5,8H2,1-4H3. The molecule has 16 heavy (non-hydrogen) atoms. The van der Waals surface area contributed by atoms with E-state index in [-0.39, 0.29) is 0 Å². The molecule has 1 rings (SSSR count). The van der Waals surface area contributed by atoms with Crippen LogP contribution in [0.1, 0.15) is 45.2 Å². The Hall–Kier alpha value is -0.890. The van der Waals surface area contributed by atoms with Gasteiger partial charge in [-0.1, -0.05) is 33.3 Å². The van der Waals surface area contributed by atoms with Crippen LogP contribution in [0.15, 0.2) is 24.4 Å². The molecule has 0 spiro atoms. The maximum atomic E-state index is 4.45. The number of nitrogens with one attached hydrogen (secondary N) is 1. The van der Waals surface area contributed by atoms with Crippen molar-refractivity contribution in [1.82, 2.24) is 10.3 Å². The summed E-state index contributed by atoms with van der Waals surface area (Å²) in [6.07, 6.45) is 4.39. The quantitative estimate of drug-likeness (QED) is 0.796. The lowest BCUT2D eigenvalue weighted by atomic mass is 9.86. The van der Waals surface area contributed by atoms with Crippen molar-refractivity contribution < 1.29 is 0 Å². The van der Waals surface area contributed by atoms with Gasteiger partial charge in [0.1, 0.15) is 0 Å². The fraction of sp³-hybridized carbons (Fsp3) is 0.643. The van der Waals surface area contributed by atoms with Crippen molar-refractivity contribution in [2.45, 2.75) is 45.6 Å². The Morgan fingerprint density at radius 2 is 2.06 bits per heavy atom. The summed E-state index contributed by atoms with van der Waals surface area (Å²) in [4.78, 5) is 4.45. The molecule has 90 valence electrons. The van der Waals surface area contributed by atoms with E-state index in [9.17, 15) is 0 Å².